The molecule has 2 aromatic heterocycles. The smallest absolute Gasteiger partial charge is 0.193 e. The molecule has 0 aromatic carbocycles. The lowest BCUT2D eigenvalue weighted by molar-refractivity contribution is 0.0995. The van der Waals surface area contributed by atoms with E-state index in [4.69, 9.17) is 5.73 Å². The molecule has 0 aliphatic carbocycles. The van der Waals surface area contributed by atoms with E-state index in [9.17, 15) is 4.79 Å². The summed E-state index contributed by atoms with van der Waals surface area (Å²) in [6.07, 6.45) is 0. The third kappa shape index (κ3) is 1.18. The zero-order valence-electron chi connectivity index (χ0n) is 7.77. The molecule has 0 saturated heterocycles. The van der Waals surface area contributed by atoms with Gasteiger partial charge >= 0.3 is 0 Å². The van der Waals surface area contributed by atoms with Gasteiger partial charge in [0.05, 0.1) is 12.2 Å². The lowest BCUT2D eigenvalue weighted by Crippen LogP contribution is -2.17. The summed E-state index contributed by atoms with van der Waals surface area (Å²) < 4.78 is 1.70. The molecule has 0 radical (unpaired) electrons. The van der Waals surface area contributed by atoms with Crippen molar-refractivity contribution in [3.05, 3.63) is 29.7 Å². The summed E-state index contributed by atoms with van der Waals surface area (Å²) in [6.45, 7) is 1.80. The molecule has 5 heteroatoms. The van der Waals surface area contributed by atoms with Crippen LogP contribution in [0.25, 0.3) is 5.65 Å². The number of hydrogen-bond donors (Lipinski definition) is 1. The Morgan fingerprint density at radius 3 is 3.00 bits per heavy atom. The van der Waals surface area contributed by atoms with Gasteiger partial charge in [0.2, 0.25) is 0 Å². The number of carbonyl (C=O) groups excluding carboxylic acids is 1. The number of fused-ring (bicyclic) bond motifs is 1. The number of carbonyl (C=O) groups is 1. The van der Waals surface area contributed by atoms with Gasteiger partial charge in [0.1, 0.15) is 5.82 Å². The van der Waals surface area contributed by atoms with E-state index >= 15 is 0 Å². The Kier molecular flexibility index (Phi) is 2.01. The van der Waals surface area contributed by atoms with E-state index in [1.54, 1.807) is 29.5 Å². The Hall–Kier alpha value is -1.75. The van der Waals surface area contributed by atoms with Crippen LogP contribution >= 0.6 is 0 Å². The van der Waals surface area contributed by atoms with Crippen LogP contribution in [-0.4, -0.2) is 26.9 Å². The van der Waals surface area contributed by atoms with Crippen LogP contribution in [0.4, 0.5) is 0 Å². The molecule has 0 spiro atoms. The molecule has 0 aliphatic rings. The zero-order chi connectivity index (χ0) is 10.1. The second kappa shape index (κ2) is 3.19. The predicted molar refractivity (Wildman–Crippen MR) is 51.1 cm³/mol. The molecule has 0 aliphatic heterocycles. The van der Waals surface area contributed by atoms with Crippen LogP contribution in [0.1, 0.15) is 16.3 Å². The van der Waals surface area contributed by atoms with Gasteiger partial charge in [0.15, 0.2) is 11.4 Å². The van der Waals surface area contributed by atoms with Gasteiger partial charge in [0, 0.05) is 0 Å². The molecule has 2 rings (SSSR count). The molecule has 0 atom stereocenters. The van der Waals surface area contributed by atoms with Gasteiger partial charge < -0.3 is 5.73 Å². The molecule has 0 bridgehead atoms. The third-order valence-corrected chi connectivity index (χ3v) is 2.06. The summed E-state index contributed by atoms with van der Waals surface area (Å²) in [7, 11) is 0. The van der Waals surface area contributed by atoms with E-state index < -0.39 is 0 Å². The van der Waals surface area contributed by atoms with Crippen molar-refractivity contribution in [1.82, 2.24) is 14.6 Å². The number of ketones is 1. The minimum absolute atomic E-state index is 0.00324. The Morgan fingerprint density at radius 1 is 1.50 bits per heavy atom. The molecular weight excluding hydrogens is 180 g/mol. The first-order chi connectivity index (χ1) is 6.74. The SMILES string of the molecule is Cc1nnc2cccc(C(=O)CN)n12. The number of hydrogen-bond acceptors (Lipinski definition) is 4. The minimum atomic E-state index is -0.112. The summed E-state index contributed by atoms with van der Waals surface area (Å²) in [4.78, 5) is 11.5. The number of nitrogens with zero attached hydrogens (tertiary/aromatic N) is 3. The molecule has 0 fully saturated rings. The van der Waals surface area contributed by atoms with Crippen LogP contribution in [0.2, 0.25) is 0 Å². The van der Waals surface area contributed by atoms with Gasteiger partial charge in [-0.2, -0.15) is 0 Å². The van der Waals surface area contributed by atoms with Crippen molar-refractivity contribution in [2.45, 2.75) is 6.92 Å². The number of aryl methyl sites for hydroxylation is 1. The van der Waals surface area contributed by atoms with E-state index in [-0.39, 0.29) is 12.3 Å². The quantitative estimate of drug-likeness (QED) is 0.685. The molecule has 5 nitrogen and oxygen atoms in total. The normalized spacial score (nSPS) is 10.7. The second-order valence-electron chi connectivity index (χ2n) is 2.98. The second-order valence-corrected chi connectivity index (χ2v) is 2.98. The van der Waals surface area contributed by atoms with Crippen molar-refractivity contribution >= 4 is 11.4 Å². The van der Waals surface area contributed by atoms with Crippen molar-refractivity contribution in [3.8, 4) is 0 Å². The van der Waals surface area contributed by atoms with E-state index in [0.29, 0.717) is 17.2 Å². The predicted octanol–water partition coefficient (Wildman–Crippen LogP) is 0.179. The average Bonchev–Trinajstić information content (AvgIpc) is 2.59. The highest BCUT2D eigenvalue weighted by Gasteiger charge is 2.10. The summed E-state index contributed by atoms with van der Waals surface area (Å²) >= 11 is 0. The molecule has 2 N–H and O–H groups in total. The first kappa shape index (κ1) is 8.83. The number of rotatable bonds is 2. The molecule has 72 valence electrons. The summed E-state index contributed by atoms with van der Waals surface area (Å²) in [5, 5.41) is 7.81. The summed E-state index contributed by atoms with van der Waals surface area (Å²) in [5.41, 5.74) is 6.51. The van der Waals surface area contributed by atoms with Crippen molar-refractivity contribution < 1.29 is 4.79 Å². The number of nitrogens with two attached hydrogens (primary N) is 1. The highest BCUT2D eigenvalue weighted by molar-refractivity contribution is 5.96. The third-order valence-electron chi connectivity index (χ3n) is 2.06. The first-order valence-electron chi connectivity index (χ1n) is 4.28. The number of Topliss-reactive ketones (excluding diaryl/α,β-unsaturated/α-hetero) is 1. The van der Waals surface area contributed by atoms with Gasteiger partial charge in [-0.25, -0.2) is 0 Å². The zero-order valence-corrected chi connectivity index (χ0v) is 7.77. The topological polar surface area (TPSA) is 73.3 Å². The van der Waals surface area contributed by atoms with Gasteiger partial charge in [-0.3, -0.25) is 9.20 Å². The van der Waals surface area contributed by atoms with Gasteiger partial charge in [-0.1, -0.05) is 6.07 Å². The van der Waals surface area contributed by atoms with Crippen LogP contribution in [0.5, 0.6) is 0 Å². The Morgan fingerprint density at radius 2 is 2.29 bits per heavy atom. The van der Waals surface area contributed by atoms with Crippen LogP contribution < -0.4 is 5.73 Å². The lowest BCUT2D eigenvalue weighted by atomic mass is 10.2. The molecule has 2 aromatic rings. The highest BCUT2D eigenvalue weighted by atomic mass is 16.1. The molecule has 0 unspecified atom stereocenters. The van der Waals surface area contributed by atoms with Gasteiger partial charge in [-0.05, 0) is 19.1 Å². The molecule has 0 amide bonds. The fourth-order valence-electron chi connectivity index (χ4n) is 1.41. The molecule has 14 heavy (non-hydrogen) atoms. The van der Waals surface area contributed by atoms with Crippen molar-refractivity contribution in [1.29, 1.82) is 0 Å². The van der Waals surface area contributed by atoms with Crippen molar-refractivity contribution in [3.63, 3.8) is 0 Å². The minimum Gasteiger partial charge on any atom is -0.324 e. The largest absolute Gasteiger partial charge is 0.324 e. The standard InChI is InChI=1S/C9H10N4O/c1-6-11-12-9-4-2-3-7(13(6)9)8(14)5-10/h2-4H,5,10H2,1H3. The number of pyridine rings is 1. The first-order valence-corrected chi connectivity index (χ1v) is 4.28. The molecular formula is C9H10N4O. The molecule has 2 heterocycles. The molecule has 0 saturated carbocycles. The van der Waals surface area contributed by atoms with Crippen LogP contribution in [0.3, 0.4) is 0 Å². The van der Waals surface area contributed by atoms with Crippen LogP contribution in [0.15, 0.2) is 18.2 Å². The maximum absolute atomic E-state index is 11.5. The van der Waals surface area contributed by atoms with Crippen LogP contribution in [-0.2, 0) is 0 Å². The van der Waals surface area contributed by atoms with E-state index in [0.717, 1.165) is 0 Å². The lowest BCUT2D eigenvalue weighted by Gasteiger charge is -2.02. The van der Waals surface area contributed by atoms with Crippen molar-refractivity contribution in [2.75, 3.05) is 6.54 Å². The van der Waals surface area contributed by atoms with Gasteiger partial charge in [-0.15, -0.1) is 10.2 Å². The van der Waals surface area contributed by atoms with Crippen LogP contribution in [0, 0.1) is 6.92 Å². The fraction of sp³-hybridized carbons (Fsp3) is 0.222. The van der Waals surface area contributed by atoms with Crippen molar-refractivity contribution in [2.24, 2.45) is 5.73 Å². The average molecular weight is 190 g/mol. The highest BCUT2D eigenvalue weighted by Crippen LogP contribution is 2.08. The van der Waals surface area contributed by atoms with Gasteiger partial charge in [0.25, 0.3) is 0 Å². The number of aromatic nitrogens is 3. The Bertz CT molecular complexity index is 489. The monoisotopic (exact) mass is 190 g/mol. The Labute approximate surface area is 80.6 Å². The summed E-state index contributed by atoms with van der Waals surface area (Å²) in [5.74, 6) is 0.580. The summed E-state index contributed by atoms with van der Waals surface area (Å²) in [6, 6.07) is 5.29. The maximum Gasteiger partial charge on any atom is 0.193 e. The Balaban J connectivity index is 2.75. The van der Waals surface area contributed by atoms with E-state index in [1.165, 1.54) is 0 Å². The van der Waals surface area contributed by atoms with E-state index in [2.05, 4.69) is 10.2 Å². The fourth-order valence-corrected chi connectivity index (χ4v) is 1.41. The van der Waals surface area contributed by atoms with E-state index in [1.807, 2.05) is 0 Å². The maximum atomic E-state index is 11.5.